The van der Waals surface area contributed by atoms with E-state index in [4.69, 9.17) is 16.0 Å². The molecule has 108 valence electrons. The fourth-order valence-corrected chi connectivity index (χ4v) is 2.22. The van der Waals surface area contributed by atoms with Crippen molar-refractivity contribution in [2.45, 2.75) is 13.8 Å². The van der Waals surface area contributed by atoms with Gasteiger partial charge in [0, 0.05) is 17.0 Å². The highest BCUT2D eigenvalue weighted by molar-refractivity contribution is 6.31. The molecule has 0 radical (unpaired) electrons. The van der Waals surface area contributed by atoms with Crippen molar-refractivity contribution in [1.82, 2.24) is 9.97 Å². The molecule has 3 aromatic rings. The minimum atomic E-state index is 0.523. The first-order valence-electron chi connectivity index (χ1n) is 6.88. The van der Waals surface area contributed by atoms with Crippen LogP contribution in [0.5, 0.6) is 0 Å². The maximum Gasteiger partial charge on any atom is 0.198 e. The zero-order chi connectivity index (χ0) is 14.8. The van der Waals surface area contributed by atoms with E-state index in [9.17, 15) is 0 Å². The highest BCUT2D eigenvalue weighted by Crippen LogP contribution is 2.27. The number of benzene rings is 1. The van der Waals surface area contributed by atoms with Crippen molar-refractivity contribution in [3.63, 3.8) is 0 Å². The van der Waals surface area contributed by atoms with Crippen LogP contribution < -0.4 is 5.32 Å². The smallest absolute Gasteiger partial charge is 0.198 e. The molecule has 3 rings (SSSR count). The number of hydrogen-bond donors (Lipinski definition) is 1. The van der Waals surface area contributed by atoms with E-state index in [0.717, 1.165) is 23.3 Å². The summed E-state index contributed by atoms with van der Waals surface area (Å²) in [6.45, 7) is 5.15. The molecule has 5 heteroatoms. The quantitative estimate of drug-likeness (QED) is 0.764. The van der Waals surface area contributed by atoms with E-state index in [1.54, 1.807) is 6.26 Å². The second kappa shape index (κ2) is 5.74. The van der Waals surface area contributed by atoms with Crippen LogP contribution in [0.4, 0.5) is 5.82 Å². The van der Waals surface area contributed by atoms with Crippen molar-refractivity contribution in [3.8, 4) is 11.6 Å². The number of fused-ring (bicyclic) bond motifs is 1. The third-order valence-electron chi connectivity index (χ3n) is 3.08. The van der Waals surface area contributed by atoms with E-state index in [2.05, 4.69) is 29.1 Å². The summed E-state index contributed by atoms with van der Waals surface area (Å²) < 4.78 is 5.39. The number of nitrogens with zero attached hydrogens (tertiary/aromatic N) is 2. The highest BCUT2D eigenvalue weighted by Gasteiger charge is 2.11. The fraction of sp³-hybridized carbons (Fsp3) is 0.250. The number of rotatable bonds is 4. The SMILES string of the molecule is CC(C)CNc1nc(-c2ccco2)nc2cc(Cl)ccc12. The van der Waals surface area contributed by atoms with Crippen molar-refractivity contribution < 1.29 is 4.42 Å². The van der Waals surface area contributed by atoms with Crippen molar-refractivity contribution in [3.05, 3.63) is 41.6 Å². The van der Waals surface area contributed by atoms with Crippen LogP contribution in [0.15, 0.2) is 41.0 Å². The average Bonchev–Trinajstić information content (AvgIpc) is 2.98. The maximum atomic E-state index is 6.07. The van der Waals surface area contributed by atoms with Crippen LogP contribution in [0, 0.1) is 5.92 Å². The Morgan fingerprint density at radius 2 is 2.10 bits per heavy atom. The Morgan fingerprint density at radius 3 is 2.81 bits per heavy atom. The molecule has 21 heavy (non-hydrogen) atoms. The van der Waals surface area contributed by atoms with Crippen molar-refractivity contribution in [2.75, 3.05) is 11.9 Å². The monoisotopic (exact) mass is 301 g/mol. The van der Waals surface area contributed by atoms with Crippen LogP contribution in [0.1, 0.15) is 13.8 Å². The summed E-state index contributed by atoms with van der Waals surface area (Å²) in [5, 5.41) is 4.98. The van der Waals surface area contributed by atoms with E-state index in [0.29, 0.717) is 22.5 Å². The van der Waals surface area contributed by atoms with Gasteiger partial charge < -0.3 is 9.73 Å². The number of aromatic nitrogens is 2. The van der Waals surface area contributed by atoms with Crippen LogP contribution in [-0.2, 0) is 0 Å². The first kappa shape index (κ1) is 13.9. The summed E-state index contributed by atoms with van der Waals surface area (Å²) in [7, 11) is 0. The van der Waals surface area contributed by atoms with Gasteiger partial charge in [0.2, 0.25) is 0 Å². The molecular formula is C16H16ClN3O. The minimum absolute atomic E-state index is 0.523. The van der Waals surface area contributed by atoms with Gasteiger partial charge in [-0.3, -0.25) is 0 Å². The fourth-order valence-electron chi connectivity index (χ4n) is 2.05. The summed E-state index contributed by atoms with van der Waals surface area (Å²) >= 11 is 6.07. The normalized spacial score (nSPS) is 11.2. The van der Waals surface area contributed by atoms with E-state index in [1.165, 1.54) is 0 Å². The standard InChI is InChI=1S/C16H16ClN3O/c1-10(2)9-18-15-12-6-5-11(17)8-13(12)19-16(20-15)14-4-3-7-21-14/h3-8,10H,9H2,1-2H3,(H,18,19,20). The lowest BCUT2D eigenvalue weighted by molar-refractivity contribution is 0.577. The van der Waals surface area contributed by atoms with Gasteiger partial charge in [0.25, 0.3) is 0 Å². The van der Waals surface area contributed by atoms with E-state index >= 15 is 0 Å². The first-order chi connectivity index (χ1) is 10.1. The maximum absolute atomic E-state index is 6.07. The molecule has 2 heterocycles. The molecule has 0 saturated heterocycles. The Kier molecular flexibility index (Phi) is 3.80. The summed E-state index contributed by atoms with van der Waals surface area (Å²) in [5.74, 6) is 2.52. The Morgan fingerprint density at radius 1 is 1.24 bits per heavy atom. The van der Waals surface area contributed by atoms with Crippen molar-refractivity contribution in [2.24, 2.45) is 5.92 Å². The van der Waals surface area contributed by atoms with Gasteiger partial charge >= 0.3 is 0 Å². The van der Waals surface area contributed by atoms with Crippen molar-refractivity contribution >= 4 is 28.3 Å². The number of hydrogen-bond acceptors (Lipinski definition) is 4. The third-order valence-corrected chi connectivity index (χ3v) is 3.31. The van der Waals surface area contributed by atoms with Gasteiger partial charge in [-0.25, -0.2) is 9.97 Å². The van der Waals surface area contributed by atoms with Crippen LogP contribution >= 0.6 is 11.6 Å². The van der Waals surface area contributed by atoms with E-state index in [-0.39, 0.29) is 0 Å². The highest BCUT2D eigenvalue weighted by atomic mass is 35.5. The molecule has 0 spiro atoms. The zero-order valence-corrected chi connectivity index (χ0v) is 12.7. The van der Waals surface area contributed by atoms with Crippen molar-refractivity contribution in [1.29, 1.82) is 0 Å². The number of furan rings is 1. The third kappa shape index (κ3) is 3.00. The summed E-state index contributed by atoms with van der Waals surface area (Å²) in [5.41, 5.74) is 0.801. The van der Waals surface area contributed by atoms with E-state index < -0.39 is 0 Å². The molecule has 2 aromatic heterocycles. The Bertz CT molecular complexity index is 754. The molecule has 0 bridgehead atoms. The largest absolute Gasteiger partial charge is 0.461 e. The molecule has 1 N–H and O–H groups in total. The molecule has 0 aliphatic heterocycles. The topological polar surface area (TPSA) is 51.0 Å². The molecule has 0 amide bonds. The molecule has 0 fully saturated rings. The average molecular weight is 302 g/mol. The molecule has 4 nitrogen and oxygen atoms in total. The lowest BCUT2D eigenvalue weighted by atomic mass is 10.2. The number of anilines is 1. The lowest BCUT2D eigenvalue weighted by Crippen LogP contribution is -2.10. The van der Waals surface area contributed by atoms with Gasteiger partial charge in [0.15, 0.2) is 11.6 Å². The second-order valence-corrected chi connectivity index (χ2v) is 5.75. The molecule has 0 aliphatic carbocycles. The number of nitrogens with one attached hydrogen (secondary N) is 1. The molecular weight excluding hydrogens is 286 g/mol. The van der Waals surface area contributed by atoms with Gasteiger partial charge in [0.05, 0.1) is 11.8 Å². The zero-order valence-electron chi connectivity index (χ0n) is 11.9. The Labute approximate surface area is 128 Å². The summed E-state index contributed by atoms with van der Waals surface area (Å²) in [4.78, 5) is 9.12. The molecule has 1 aromatic carbocycles. The van der Waals surface area contributed by atoms with Crippen LogP contribution in [-0.4, -0.2) is 16.5 Å². The summed E-state index contributed by atoms with van der Waals surface area (Å²) in [6.07, 6.45) is 1.61. The molecule has 0 saturated carbocycles. The summed E-state index contributed by atoms with van der Waals surface area (Å²) in [6, 6.07) is 9.29. The van der Waals surface area contributed by atoms with Gasteiger partial charge in [0.1, 0.15) is 5.82 Å². The van der Waals surface area contributed by atoms with Crippen LogP contribution in [0.2, 0.25) is 5.02 Å². The molecule has 0 unspecified atom stereocenters. The predicted octanol–water partition coefficient (Wildman–Crippen LogP) is 4.61. The number of halogens is 1. The van der Waals surface area contributed by atoms with Crippen LogP contribution in [0.25, 0.3) is 22.5 Å². The van der Waals surface area contributed by atoms with E-state index in [1.807, 2.05) is 30.3 Å². The molecule has 0 atom stereocenters. The second-order valence-electron chi connectivity index (χ2n) is 5.31. The van der Waals surface area contributed by atoms with Crippen LogP contribution in [0.3, 0.4) is 0 Å². The minimum Gasteiger partial charge on any atom is -0.461 e. The Hall–Kier alpha value is -2.07. The van der Waals surface area contributed by atoms with Gasteiger partial charge in [-0.05, 0) is 36.2 Å². The predicted molar refractivity (Wildman–Crippen MR) is 85.6 cm³/mol. The lowest BCUT2D eigenvalue weighted by Gasteiger charge is -2.12. The molecule has 0 aliphatic rings. The first-order valence-corrected chi connectivity index (χ1v) is 7.26. The Balaban J connectivity index is 2.13. The van der Waals surface area contributed by atoms with Gasteiger partial charge in [-0.2, -0.15) is 0 Å². The van der Waals surface area contributed by atoms with Gasteiger partial charge in [-0.1, -0.05) is 25.4 Å². The van der Waals surface area contributed by atoms with Gasteiger partial charge in [-0.15, -0.1) is 0 Å².